The number of aliphatic hydroxyl groups is 1. The van der Waals surface area contributed by atoms with Gasteiger partial charge in [0.1, 0.15) is 6.10 Å². The number of rotatable bonds is 5. The van der Waals surface area contributed by atoms with Crippen LogP contribution in [-0.4, -0.2) is 25.4 Å². The molecule has 1 aromatic rings. The van der Waals surface area contributed by atoms with Gasteiger partial charge in [-0.25, -0.2) is 4.39 Å². The van der Waals surface area contributed by atoms with E-state index in [2.05, 4.69) is 0 Å². The molecule has 0 aliphatic rings. The summed E-state index contributed by atoms with van der Waals surface area (Å²) in [6.45, 7) is 1.90. The summed E-state index contributed by atoms with van der Waals surface area (Å²) < 4.78 is 23.3. The first-order valence-corrected chi connectivity index (χ1v) is 5.18. The number of benzene rings is 1. The maximum atomic E-state index is 13.4. The summed E-state index contributed by atoms with van der Waals surface area (Å²) >= 11 is 0. The van der Waals surface area contributed by atoms with Crippen LogP contribution in [-0.2, 0) is 4.74 Å². The van der Waals surface area contributed by atoms with Gasteiger partial charge >= 0.3 is 0 Å². The van der Waals surface area contributed by atoms with Gasteiger partial charge in [0.05, 0.1) is 13.2 Å². The maximum Gasteiger partial charge on any atom is 0.165 e. The first-order valence-electron chi connectivity index (χ1n) is 5.18. The maximum absolute atomic E-state index is 13.4. The Morgan fingerprint density at radius 1 is 1.38 bits per heavy atom. The monoisotopic (exact) mass is 228 g/mol. The molecule has 0 fully saturated rings. The van der Waals surface area contributed by atoms with Crippen LogP contribution in [0.1, 0.15) is 25.0 Å². The van der Waals surface area contributed by atoms with E-state index < -0.39 is 11.9 Å². The molecule has 0 saturated carbocycles. The Hall–Kier alpha value is -1.13. The SMILES string of the molecule is CCC(OC)C(O)c1ccc(OC)c(F)c1. The third-order valence-electron chi connectivity index (χ3n) is 2.57. The van der Waals surface area contributed by atoms with E-state index in [1.54, 1.807) is 6.07 Å². The molecule has 2 unspecified atom stereocenters. The van der Waals surface area contributed by atoms with Crippen molar-refractivity contribution in [3.05, 3.63) is 29.6 Å². The highest BCUT2D eigenvalue weighted by molar-refractivity contribution is 5.30. The van der Waals surface area contributed by atoms with Crippen molar-refractivity contribution in [3.63, 3.8) is 0 Å². The normalized spacial score (nSPS) is 14.6. The third kappa shape index (κ3) is 2.71. The molecule has 0 radical (unpaired) electrons. The Morgan fingerprint density at radius 3 is 2.50 bits per heavy atom. The second-order valence-corrected chi connectivity index (χ2v) is 3.52. The van der Waals surface area contributed by atoms with Crippen LogP contribution in [0.5, 0.6) is 5.75 Å². The van der Waals surface area contributed by atoms with Gasteiger partial charge < -0.3 is 14.6 Å². The average molecular weight is 228 g/mol. The number of hydrogen-bond acceptors (Lipinski definition) is 3. The van der Waals surface area contributed by atoms with E-state index in [0.717, 1.165) is 0 Å². The van der Waals surface area contributed by atoms with Gasteiger partial charge in [-0.3, -0.25) is 0 Å². The quantitative estimate of drug-likeness (QED) is 0.840. The number of aliphatic hydroxyl groups excluding tert-OH is 1. The van der Waals surface area contributed by atoms with Crippen molar-refractivity contribution in [1.29, 1.82) is 0 Å². The third-order valence-corrected chi connectivity index (χ3v) is 2.57. The molecule has 16 heavy (non-hydrogen) atoms. The predicted octanol–water partition coefficient (Wildman–Crippen LogP) is 2.29. The molecular formula is C12H17FO3. The lowest BCUT2D eigenvalue weighted by Gasteiger charge is -2.20. The molecule has 2 atom stereocenters. The Labute approximate surface area is 94.8 Å². The van der Waals surface area contributed by atoms with Gasteiger partial charge in [0, 0.05) is 7.11 Å². The molecule has 0 aliphatic carbocycles. The largest absolute Gasteiger partial charge is 0.494 e. The van der Waals surface area contributed by atoms with E-state index in [1.165, 1.54) is 26.4 Å². The topological polar surface area (TPSA) is 38.7 Å². The molecule has 0 saturated heterocycles. The van der Waals surface area contributed by atoms with Crippen LogP contribution in [0.4, 0.5) is 4.39 Å². The molecule has 1 aromatic carbocycles. The van der Waals surface area contributed by atoms with E-state index >= 15 is 0 Å². The standard InChI is InChI=1S/C12H17FO3/c1-4-10(15-2)12(14)8-5-6-11(16-3)9(13)7-8/h5-7,10,12,14H,4H2,1-3H3. The van der Waals surface area contributed by atoms with Crippen molar-refractivity contribution in [2.45, 2.75) is 25.6 Å². The minimum atomic E-state index is -0.824. The zero-order valence-electron chi connectivity index (χ0n) is 9.74. The summed E-state index contributed by atoms with van der Waals surface area (Å²) in [5, 5.41) is 9.94. The van der Waals surface area contributed by atoms with E-state index in [0.29, 0.717) is 12.0 Å². The molecule has 0 aliphatic heterocycles. The smallest absolute Gasteiger partial charge is 0.165 e. The van der Waals surface area contributed by atoms with Crippen LogP contribution < -0.4 is 4.74 Å². The number of ether oxygens (including phenoxy) is 2. The first-order chi connectivity index (χ1) is 7.63. The van der Waals surface area contributed by atoms with Crippen LogP contribution in [0.2, 0.25) is 0 Å². The minimum absolute atomic E-state index is 0.168. The van der Waals surface area contributed by atoms with E-state index in [9.17, 15) is 9.50 Å². The second kappa shape index (κ2) is 5.82. The molecule has 0 spiro atoms. The number of methoxy groups -OCH3 is 2. The van der Waals surface area contributed by atoms with Gasteiger partial charge in [0.2, 0.25) is 0 Å². The second-order valence-electron chi connectivity index (χ2n) is 3.52. The van der Waals surface area contributed by atoms with Gasteiger partial charge in [0.25, 0.3) is 0 Å². The van der Waals surface area contributed by atoms with E-state index in [4.69, 9.17) is 9.47 Å². The highest BCUT2D eigenvalue weighted by Gasteiger charge is 2.19. The van der Waals surface area contributed by atoms with Crippen molar-refractivity contribution in [3.8, 4) is 5.75 Å². The van der Waals surface area contributed by atoms with Gasteiger partial charge in [-0.1, -0.05) is 13.0 Å². The molecule has 0 aromatic heterocycles. The summed E-state index contributed by atoms with van der Waals surface area (Å²) in [6.07, 6.45) is -0.492. The van der Waals surface area contributed by atoms with E-state index in [-0.39, 0.29) is 11.9 Å². The fourth-order valence-electron chi connectivity index (χ4n) is 1.60. The number of hydrogen-bond donors (Lipinski definition) is 1. The van der Waals surface area contributed by atoms with Gasteiger partial charge in [0.15, 0.2) is 11.6 Å². The molecule has 90 valence electrons. The van der Waals surface area contributed by atoms with Crippen LogP contribution >= 0.6 is 0 Å². The Balaban J connectivity index is 2.91. The van der Waals surface area contributed by atoms with Crippen LogP contribution in [0, 0.1) is 5.82 Å². The van der Waals surface area contributed by atoms with Crippen LogP contribution in [0.25, 0.3) is 0 Å². The summed E-state index contributed by atoms with van der Waals surface area (Å²) in [5.41, 5.74) is 0.493. The average Bonchev–Trinajstić information content (AvgIpc) is 2.30. The van der Waals surface area contributed by atoms with E-state index in [1.807, 2.05) is 6.92 Å². The minimum Gasteiger partial charge on any atom is -0.494 e. The predicted molar refractivity (Wildman–Crippen MR) is 59.0 cm³/mol. The lowest BCUT2D eigenvalue weighted by molar-refractivity contribution is -0.0150. The zero-order valence-corrected chi connectivity index (χ0v) is 9.74. The van der Waals surface area contributed by atoms with Crippen molar-refractivity contribution < 1.29 is 19.0 Å². The zero-order chi connectivity index (χ0) is 12.1. The molecular weight excluding hydrogens is 211 g/mol. The van der Waals surface area contributed by atoms with Crippen molar-refractivity contribution in [1.82, 2.24) is 0 Å². The highest BCUT2D eigenvalue weighted by Crippen LogP contribution is 2.25. The van der Waals surface area contributed by atoms with Crippen LogP contribution in [0.3, 0.4) is 0 Å². The molecule has 1 N–H and O–H groups in total. The van der Waals surface area contributed by atoms with Crippen molar-refractivity contribution in [2.24, 2.45) is 0 Å². The Bertz CT molecular complexity index is 337. The van der Waals surface area contributed by atoms with Gasteiger partial charge in [-0.15, -0.1) is 0 Å². The molecule has 4 heteroatoms. The highest BCUT2D eigenvalue weighted by atomic mass is 19.1. The van der Waals surface area contributed by atoms with Crippen molar-refractivity contribution >= 4 is 0 Å². The molecule has 0 amide bonds. The summed E-state index contributed by atoms with van der Waals surface area (Å²) in [6, 6.07) is 4.40. The lowest BCUT2D eigenvalue weighted by atomic mass is 10.0. The van der Waals surface area contributed by atoms with Crippen molar-refractivity contribution in [2.75, 3.05) is 14.2 Å². The molecule has 0 bridgehead atoms. The molecule has 3 nitrogen and oxygen atoms in total. The molecule has 0 heterocycles. The molecule has 1 rings (SSSR count). The van der Waals surface area contributed by atoms with Gasteiger partial charge in [-0.05, 0) is 24.1 Å². The fourth-order valence-corrected chi connectivity index (χ4v) is 1.60. The summed E-state index contributed by atoms with van der Waals surface area (Å²) in [5.74, 6) is -0.313. The fraction of sp³-hybridized carbons (Fsp3) is 0.500. The summed E-state index contributed by atoms with van der Waals surface area (Å²) in [4.78, 5) is 0. The Morgan fingerprint density at radius 2 is 2.06 bits per heavy atom. The number of halogens is 1. The lowest BCUT2D eigenvalue weighted by Crippen LogP contribution is -2.19. The Kier molecular flexibility index (Phi) is 4.71. The summed E-state index contributed by atoms with van der Waals surface area (Å²) in [7, 11) is 2.93. The van der Waals surface area contributed by atoms with Crippen LogP contribution in [0.15, 0.2) is 18.2 Å². The van der Waals surface area contributed by atoms with Gasteiger partial charge in [-0.2, -0.15) is 0 Å². The first kappa shape index (κ1) is 12.9.